The number of hydrogen-bond acceptors (Lipinski definition) is 3. The lowest BCUT2D eigenvalue weighted by atomic mass is 10.0. The number of urea groups is 1. The second kappa shape index (κ2) is 7.15. The van der Waals surface area contributed by atoms with E-state index in [0.717, 1.165) is 21.2 Å². The van der Waals surface area contributed by atoms with Crippen molar-refractivity contribution in [3.8, 4) is 5.75 Å². The van der Waals surface area contributed by atoms with Gasteiger partial charge >= 0.3 is 6.03 Å². The van der Waals surface area contributed by atoms with Crippen LogP contribution in [0.5, 0.6) is 5.75 Å². The third-order valence-corrected chi connectivity index (χ3v) is 4.61. The number of carbonyl (C=O) groups excluding carboxylic acids is 2. The molecule has 0 aromatic heterocycles. The summed E-state index contributed by atoms with van der Waals surface area (Å²) in [6, 6.07) is 17.1. The summed E-state index contributed by atoms with van der Waals surface area (Å²) < 4.78 is 19.1. The molecule has 1 heterocycles. The summed E-state index contributed by atoms with van der Waals surface area (Å²) in [5, 5.41) is 4.45. The van der Waals surface area contributed by atoms with Crippen molar-refractivity contribution in [2.45, 2.75) is 6.61 Å². The second-order valence-corrected chi connectivity index (χ2v) is 6.47. The first-order chi connectivity index (χ1) is 13.5. The number of halogens is 1. The molecule has 0 radical (unpaired) electrons. The summed E-state index contributed by atoms with van der Waals surface area (Å²) in [6.07, 6.45) is 1.63. The average Bonchev–Trinajstić information content (AvgIpc) is 2.95. The Bertz CT molecular complexity index is 1110. The largest absolute Gasteiger partial charge is 0.488 e. The van der Waals surface area contributed by atoms with Gasteiger partial charge < -0.3 is 10.1 Å². The normalized spacial score (nSPS) is 15.4. The van der Waals surface area contributed by atoms with Crippen molar-refractivity contribution in [3.63, 3.8) is 0 Å². The van der Waals surface area contributed by atoms with E-state index >= 15 is 0 Å². The molecule has 0 unspecified atom stereocenters. The smallest absolute Gasteiger partial charge is 0.328 e. The number of nitrogens with one attached hydrogen (secondary N) is 1. The molecule has 28 heavy (non-hydrogen) atoms. The molecule has 0 aliphatic carbocycles. The lowest BCUT2D eigenvalue weighted by molar-refractivity contribution is -0.121. The fraction of sp³-hybridized carbons (Fsp3) is 0.0909. The molecule has 0 bridgehead atoms. The number of carbonyl (C=O) groups is 2. The van der Waals surface area contributed by atoms with E-state index < -0.39 is 11.9 Å². The highest BCUT2D eigenvalue weighted by Gasteiger charge is 2.30. The van der Waals surface area contributed by atoms with Crippen LogP contribution in [0.2, 0.25) is 0 Å². The molecular weight excluding hydrogens is 359 g/mol. The van der Waals surface area contributed by atoms with Gasteiger partial charge in [-0.05, 0) is 40.6 Å². The Morgan fingerprint density at radius 3 is 2.50 bits per heavy atom. The molecule has 3 amide bonds. The molecule has 4 rings (SSSR count). The number of ether oxygens (including phenoxy) is 1. The third-order valence-electron chi connectivity index (χ3n) is 4.61. The zero-order valence-corrected chi connectivity index (χ0v) is 15.1. The molecular formula is C22H17FN2O3. The average molecular weight is 376 g/mol. The Morgan fingerprint density at radius 1 is 1.04 bits per heavy atom. The molecule has 1 aliphatic heterocycles. The topological polar surface area (TPSA) is 58.6 Å². The molecule has 1 saturated heterocycles. The fourth-order valence-corrected chi connectivity index (χ4v) is 3.06. The molecule has 0 atom stereocenters. The lowest BCUT2D eigenvalue weighted by Gasteiger charge is -2.13. The minimum Gasteiger partial charge on any atom is -0.488 e. The van der Waals surface area contributed by atoms with Crippen molar-refractivity contribution < 1.29 is 18.7 Å². The first-order valence-corrected chi connectivity index (χ1v) is 8.72. The second-order valence-electron chi connectivity index (χ2n) is 6.47. The molecule has 140 valence electrons. The highest BCUT2D eigenvalue weighted by atomic mass is 19.1. The molecule has 0 saturated carbocycles. The highest BCUT2D eigenvalue weighted by Crippen LogP contribution is 2.31. The maximum atomic E-state index is 13.1. The van der Waals surface area contributed by atoms with E-state index in [1.807, 2.05) is 36.4 Å². The van der Waals surface area contributed by atoms with Gasteiger partial charge in [-0.2, -0.15) is 0 Å². The minimum absolute atomic E-state index is 0.190. The maximum Gasteiger partial charge on any atom is 0.328 e. The summed E-state index contributed by atoms with van der Waals surface area (Å²) in [5.41, 5.74) is 1.70. The van der Waals surface area contributed by atoms with Gasteiger partial charge in [0.2, 0.25) is 0 Å². The van der Waals surface area contributed by atoms with Crippen molar-refractivity contribution in [2.24, 2.45) is 0 Å². The molecule has 1 fully saturated rings. The van der Waals surface area contributed by atoms with Gasteiger partial charge in [0.25, 0.3) is 5.91 Å². The Balaban J connectivity index is 1.74. The first kappa shape index (κ1) is 17.7. The molecule has 6 heteroatoms. The van der Waals surface area contributed by atoms with Crippen LogP contribution in [-0.4, -0.2) is 23.9 Å². The van der Waals surface area contributed by atoms with Crippen LogP contribution in [0.15, 0.2) is 66.4 Å². The predicted octanol–water partition coefficient (Wildman–Crippen LogP) is 4.08. The number of fused-ring (bicyclic) bond motifs is 1. The zero-order chi connectivity index (χ0) is 19.7. The van der Waals surface area contributed by atoms with Crippen LogP contribution < -0.4 is 10.1 Å². The van der Waals surface area contributed by atoms with E-state index in [4.69, 9.17) is 4.74 Å². The van der Waals surface area contributed by atoms with Gasteiger partial charge in [0.1, 0.15) is 23.9 Å². The van der Waals surface area contributed by atoms with E-state index in [1.165, 1.54) is 19.2 Å². The Morgan fingerprint density at radius 2 is 1.79 bits per heavy atom. The molecule has 3 aromatic carbocycles. The number of hydrogen-bond donors (Lipinski definition) is 1. The zero-order valence-electron chi connectivity index (χ0n) is 15.1. The summed E-state index contributed by atoms with van der Waals surface area (Å²) in [7, 11) is 1.42. The molecule has 5 nitrogen and oxygen atoms in total. The number of rotatable bonds is 4. The van der Waals surface area contributed by atoms with Crippen LogP contribution in [0.25, 0.3) is 16.8 Å². The van der Waals surface area contributed by atoms with Gasteiger partial charge in [-0.25, -0.2) is 9.18 Å². The van der Waals surface area contributed by atoms with Crippen LogP contribution in [0.4, 0.5) is 9.18 Å². The summed E-state index contributed by atoms with van der Waals surface area (Å²) in [6.45, 7) is 0.245. The van der Waals surface area contributed by atoms with E-state index in [9.17, 15) is 14.0 Å². The van der Waals surface area contributed by atoms with E-state index in [-0.39, 0.29) is 18.1 Å². The van der Waals surface area contributed by atoms with E-state index in [2.05, 4.69) is 5.32 Å². The van der Waals surface area contributed by atoms with Gasteiger partial charge in [0.05, 0.1) is 0 Å². The fourth-order valence-electron chi connectivity index (χ4n) is 3.06. The van der Waals surface area contributed by atoms with Crippen LogP contribution in [0, 0.1) is 5.82 Å². The standard InChI is InChI=1S/C22H17FN2O3/c1-25-21(26)19(24-22(25)27)12-18-17-5-3-2-4-15(17)8-11-20(18)28-13-14-6-9-16(23)10-7-14/h2-12H,13H2,1H3,(H,24,27). The summed E-state index contributed by atoms with van der Waals surface area (Å²) in [4.78, 5) is 25.1. The predicted molar refractivity (Wildman–Crippen MR) is 104 cm³/mol. The highest BCUT2D eigenvalue weighted by molar-refractivity contribution is 6.14. The van der Waals surface area contributed by atoms with Gasteiger partial charge in [0.15, 0.2) is 0 Å². The monoisotopic (exact) mass is 376 g/mol. The number of benzene rings is 3. The van der Waals surface area contributed by atoms with Crippen molar-refractivity contribution in [1.29, 1.82) is 0 Å². The quantitative estimate of drug-likeness (QED) is 0.551. The van der Waals surface area contributed by atoms with Crippen LogP contribution in [0.3, 0.4) is 0 Å². The lowest BCUT2D eigenvalue weighted by Crippen LogP contribution is -2.25. The van der Waals surface area contributed by atoms with Crippen molar-refractivity contribution >= 4 is 28.8 Å². The number of likely N-dealkylation sites (N-methyl/N-ethyl adjacent to an activating group) is 1. The number of nitrogens with zero attached hydrogens (tertiary/aromatic N) is 1. The van der Waals surface area contributed by atoms with E-state index in [1.54, 1.807) is 18.2 Å². The van der Waals surface area contributed by atoms with Crippen LogP contribution in [0.1, 0.15) is 11.1 Å². The maximum absolute atomic E-state index is 13.1. The van der Waals surface area contributed by atoms with Gasteiger partial charge in [-0.1, -0.05) is 42.5 Å². The van der Waals surface area contributed by atoms with Crippen molar-refractivity contribution in [2.75, 3.05) is 7.05 Å². The Hall–Kier alpha value is -3.67. The van der Waals surface area contributed by atoms with Gasteiger partial charge in [-0.3, -0.25) is 9.69 Å². The molecule has 1 aliphatic rings. The summed E-state index contributed by atoms with van der Waals surface area (Å²) >= 11 is 0. The van der Waals surface area contributed by atoms with Gasteiger partial charge in [0, 0.05) is 12.6 Å². The Labute approximate surface area is 161 Å². The van der Waals surface area contributed by atoms with Crippen LogP contribution in [-0.2, 0) is 11.4 Å². The van der Waals surface area contributed by atoms with Crippen molar-refractivity contribution in [3.05, 3.63) is 83.3 Å². The van der Waals surface area contributed by atoms with E-state index in [0.29, 0.717) is 11.3 Å². The molecule has 3 aromatic rings. The molecule has 1 N–H and O–H groups in total. The summed E-state index contributed by atoms with van der Waals surface area (Å²) in [5.74, 6) is -0.144. The van der Waals surface area contributed by atoms with Crippen molar-refractivity contribution in [1.82, 2.24) is 10.2 Å². The molecule has 0 spiro atoms. The van der Waals surface area contributed by atoms with Gasteiger partial charge in [-0.15, -0.1) is 0 Å². The third kappa shape index (κ3) is 3.32. The number of amides is 3. The Kier molecular flexibility index (Phi) is 4.53. The SMILES string of the molecule is CN1C(=O)NC(=Cc2c(OCc3ccc(F)cc3)ccc3ccccc23)C1=O. The van der Waals surface area contributed by atoms with Crippen LogP contribution >= 0.6 is 0 Å². The number of imide groups is 1. The minimum atomic E-state index is -0.467. The first-order valence-electron chi connectivity index (χ1n) is 8.72.